The fraction of sp³-hybridized carbons (Fsp3) is 0.304. The Balaban J connectivity index is 1.79. The molecular formula is C23H20ClF3N2O3. The molecular weight excluding hydrogens is 445 g/mol. The molecule has 0 N–H and O–H groups in total. The van der Waals surface area contributed by atoms with Gasteiger partial charge in [-0.15, -0.1) is 0 Å². The van der Waals surface area contributed by atoms with Crippen LogP contribution in [0.1, 0.15) is 18.1 Å². The summed E-state index contributed by atoms with van der Waals surface area (Å²) in [5.41, 5.74) is -0.982. The van der Waals surface area contributed by atoms with Crippen LogP contribution in [0.5, 0.6) is 5.75 Å². The van der Waals surface area contributed by atoms with E-state index in [2.05, 4.69) is 4.98 Å². The molecule has 5 nitrogen and oxygen atoms in total. The van der Waals surface area contributed by atoms with Gasteiger partial charge in [0.25, 0.3) is 0 Å². The van der Waals surface area contributed by atoms with Gasteiger partial charge in [0, 0.05) is 17.5 Å². The quantitative estimate of drug-likeness (QED) is 0.512. The van der Waals surface area contributed by atoms with Crippen molar-refractivity contribution in [2.75, 3.05) is 19.8 Å². The van der Waals surface area contributed by atoms with Gasteiger partial charge < -0.3 is 14.0 Å². The van der Waals surface area contributed by atoms with Crippen LogP contribution in [0, 0.1) is 5.41 Å². The SMILES string of the molecule is CC1(COc2cn(Cc3ccccc3)c(-c3cccc(C(F)(F)F)c3Cl)nc2=O)COC1. The van der Waals surface area contributed by atoms with E-state index in [1.807, 2.05) is 37.3 Å². The monoisotopic (exact) mass is 464 g/mol. The zero-order valence-electron chi connectivity index (χ0n) is 17.2. The summed E-state index contributed by atoms with van der Waals surface area (Å²) in [7, 11) is 0. The first-order valence-electron chi connectivity index (χ1n) is 9.88. The van der Waals surface area contributed by atoms with Crippen LogP contribution in [-0.4, -0.2) is 29.4 Å². The van der Waals surface area contributed by atoms with E-state index in [0.29, 0.717) is 13.2 Å². The average Bonchev–Trinajstić information content (AvgIpc) is 2.72. The van der Waals surface area contributed by atoms with E-state index in [1.165, 1.54) is 18.3 Å². The second kappa shape index (κ2) is 8.60. The molecule has 1 saturated heterocycles. The highest BCUT2D eigenvalue weighted by molar-refractivity contribution is 6.34. The molecule has 9 heteroatoms. The van der Waals surface area contributed by atoms with E-state index in [4.69, 9.17) is 21.1 Å². The summed E-state index contributed by atoms with van der Waals surface area (Å²) in [4.78, 5) is 16.8. The van der Waals surface area contributed by atoms with Crippen LogP contribution < -0.4 is 10.3 Å². The Bertz CT molecular complexity index is 1180. The average molecular weight is 465 g/mol. The highest BCUT2D eigenvalue weighted by Gasteiger charge is 2.35. The third kappa shape index (κ3) is 4.66. The van der Waals surface area contributed by atoms with E-state index in [9.17, 15) is 18.0 Å². The number of alkyl halides is 3. The Hall–Kier alpha value is -2.84. The molecule has 2 heterocycles. The second-order valence-corrected chi connectivity index (χ2v) is 8.48. The van der Waals surface area contributed by atoms with Crippen molar-refractivity contribution in [3.63, 3.8) is 0 Å². The highest BCUT2D eigenvalue weighted by atomic mass is 35.5. The maximum absolute atomic E-state index is 13.4. The highest BCUT2D eigenvalue weighted by Crippen LogP contribution is 2.39. The van der Waals surface area contributed by atoms with Gasteiger partial charge in [0.15, 0.2) is 0 Å². The second-order valence-electron chi connectivity index (χ2n) is 8.10. The van der Waals surface area contributed by atoms with Crippen LogP contribution in [0.4, 0.5) is 13.2 Å². The molecule has 2 aromatic carbocycles. The fourth-order valence-corrected chi connectivity index (χ4v) is 3.72. The third-order valence-electron chi connectivity index (χ3n) is 5.18. The summed E-state index contributed by atoms with van der Waals surface area (Å²) < 4.78 is 52.7. The van der Waals surface area contributed by atoms with Gasteiger partial charge in [-0.3, -0.25) is 4.79 Å². The van der Waals surface area contributed by atoms with Crippen molar-refractivity contribution in [3.8, 4) is 17.1 Å². The first-order chi connectivity index (χ1) is 15.2. The molecule has 1 aromatic heterocycles. The standard InChI is InChI=1S/C23H20ClF3N2O3/c1-22(12-31-13-22)14-32-18-11-29(10-15-6-3-2-4-7-15)20(28-21(18)30)16-8-5-9-17(19(16)24)23(25,26)27/h2-9,11H,10,12-14H2,1H3. The predicted octanol–water partition coefficient (Wildman–Crippen LogP) is 5.05. The Labute approximate surface area is 187 Å². The van der Waals surface area contributed by atoms with Crippen molar-refractivity contribution in [3.05, 3.63) is 81.2 Å². The normalized spacial score (nSPS) is 15.3. The summed E-state index contributed by atoms with van der Waals surface area (Å²) in [5.74, 6) is 0.0430. The molecule has 0 bridgehead atoms. The number of hydrogen-bond acceptors (Lipinski definition) is 4. The van der Waals surface area contributed by atoms with Crippen molar-refractivity contribution < 1.29 is 22.6 Å². The lowest BCUT2D eigenvalue weighted by molar-refractivity contribution is -0.137. The Morgan fingerprint density at radius 1 is 1.16 bits per heavy atom. The number of halogens is 4. The predicted molar refractivity (Wildman–Crippen MR) is 114 cm³/mol. The number of nitrogens with zero attached hydrogens (tertiary/aromatic N) is 2. The lowest BCUT2D eigenvalue weighted by Gasteiger charge is -2.37. The molecule has 0 saturated carbocycles. The minimum atomic E-state index is -4.64. The van der Waals surface area contributed by atoms with E-state index >= 15 is 0 Å². The summed E-state index contributed by atoms with van der Waals surface area (Å²) in [6.45, 7) is 3.54. The van der Waals surface area contributed by atoms with Crippen LogP contribution >= 0.6 is 11.6 Å². The van der Waals surface area contributed by atoms with Crippen LogP contribution in [-0.2, 0) is 17.5 Å². The maximum Gasteiger partial charge on any atom is 0.417 e. The molecule has 1 fully saturated rings. The van der Waals surface area contributed by atoms with Gasteiger partial charge in [-0.2, -0.15) is 18.2 Å². The molecule has 1 aliphatic rings. The van der Waals surface area contributed by atoms with Gasteiger partial charge in [0.05, 0.1) is 36.6 Å². The van der Waals surface area contributed by atoms with Crippen LogP contribution in [0.2, 0.25) is 5.02 Å². The minimum absolute atomic E-state index is 0.0143. The largest absolute Gasteiger partial charge is 0.486 e. The van der Waals surface area contributed by atoms with Gasteiger partial charge >= 0.3 is 11.7 Å². The van der Waals surface area contributed by atoms with Crippen molar-refractivity contribution in [1.82, 2.24) is 9.55 Å². The molecule has 4 rings (SSSR count). The summed E-state index contributed by atoms with van der Waals surface area (Å²) in [6.07, 6.45) is -3.17. The van der Waals surface area contributed by atoms with Crippen molar-refractivity contribution >= 4 is 11.6 Å². The molecule has 0 aliphatic carbocycles. The number of rotatable bonds is 6. The summed E-state index contributed by atoms with van der Waals surface area (Å²) in [6, 6.07) is 12.8. The first kappa shape index (κ1) is 22.4. The van der Waals surface area contributed by atoms with Gasteiger partial charge in [-0.1, -0.05) is 54.9 Å². The number of aromatic nitrogens is 2. The maximum atomic E-state index is 13.4. The van der Waals surface area contributed by atoms with Crippen molar-refractivity contribution in [1.29, 1.82) is 0 Å². The zero-order valence-corrected chi connectivity index (χ0v) is 17.9. The van der Waals surface area contributed by atoms with Crippen LogP contribution in [0.15, 0.2) is 59.5 Å². The lowest BCUT2D eigenvalue weighted by atomic mass is 9.90. The minimum Gasteiger partial charge on any atom is -0.486 e. The molecule has 0 spiro atoms. The Kier molecular flexibility index (Phi) is 6.01. The van der Waals surface area contributed by atoms with E-state index < -0.39 is 22.3 Å². The number of benzene rings is 2. The van der Waals surface area contributed by atoms with Gasteiger partial charge in [0.2, 0.25) is 5.75 Å². The summed E-state index contributed by atoms with van der Waals surface area (Å²) >= 11 is 6.12. The fourth-order valence-electron chi connectivity index (χ4n) is 3.40. The van der Waals surface area contributed by atoms with Gasteiger partial charge in [-0.05, 0) is 17.7 Å². The van der Waals surface area contributed by atoms with Crippen LogP contribution in [0.3, 0.4) is 0 Å². The first-order valence-corrected chi connectivity index (χ1v) is 10.3. The van der Waals surface area contributed by atoms with Gasteiger partial charge in [-0.25, -0.2) is 0 Å². The lowest BCUT2D eigenvalue weighted by Crippen LogP contribution is -2.44. The molecule has 3 aromatic rings. The third-order valence-corrected chi connectivity index (χ3v) is 5.59. The molecule has 0 atom stereocenters. The topological polar surface area (TPSA) is 53.4 Å². The van der Waals surface area contributed by atoms with E-state index in [1.54, 1.807) is 4.57 Å². The smallest absolute Gasteiger partial charge is 0.417 e. The molecule has 32 heavy (non-hydrogen) atoms. The number of ether oxygens (including phenoxy) is 2. The molecule has 0 amide bonds. The molecule has 0 radical (unpaired) electrons. The van der Waals surface area contributed by atoms with E-state index in [-0.39, 0.29) is 35.7 Å². The van der Waals surface area contributed by atoms with Crippen molar-refractivity contribution in [2.24, 2.45) is 5.41 Å². The zero-order chi connectivity index (χ0) is 22.9. The van der Waals surface area contributed by atoms with Crippen LogP contribution in [0.25, 0.3) is 11.4 Å². The number of hydrogen-bond donors (Lipinski definition) is 0. The van der Waals surface area contributed by atoms with Crippen molar-refractivity contribution in [2.45, 2.75) is 19.6 Å². The van der Waals surface area contributed by atoms with E-state index in [0.717, 1.165) is 11.6 Å². The van der Waals surface area contributed by atoms with Gasteiger partial charge in [0.1, 0.15) is 5.82 Å². The molecule has 0 unspecified atom stereocenters. The summed E-state index contributed by atoms with van der Waals surface area (Å²) in [5, 5.41) is -0.512. The molecule has 168 valence electrons. The Morgan fingerprint density at radius 3 is 2.50 bits per heavy atom. The molecule has 1 aliphatic heterocycles. The Morgan fingerprint density at radius 2 is 1.88 bits per heavy atom.